The molecule has 1 fully saturated rings. The first kappa shape index (κ1) is 12.1. The van der Waals surface area contributed by atoms with Crippen LogP contribution in [0.25, 0.3) is 0 Å². The first-order valence-electron chi connectivity index (χ1n) is 3.79. The van der Waals surface area contributed by atoms with Crippen molar-refractivity contribution in [2.45, 2.75) is 18.6 Å². The highest BCUT2D eigenvalue weighted by atomic mass is 35.5. The Labute approximate surface area is 78.3 Å². The summed E-state index contributed by atoms with van der Waals surface area (Å²) in [6.07, 6.45) is -0.177. The van der Waals surface area contributed by atoms with Crippen LogP contribution in [0.4, 0.5) is 0 Å². The van der Waals surface area contributed by atoms with Crippen LogP contribution < -0.4 is 5.32 Å². The van der Waals surface area contributed by atoms with E-state index in [4.69, 9.17) is 9.84 Å². The van der Waals surface area contributed by atoms with E-state index in [-0.39, 0.29) is 31.7 Å². The van der Waals surface area contributed by atoms with Gasteiger partial charge < -0.3 is 20.3 Å². The van der Waals surface area contributed by atoms with E-state index in [0.29, 0.717) is 13.1 Å². The van der Waals surface area contributed by atoms with Crippen LogP contribution in [0.1, 0.15) is 6.92 Å². The molecule has 0 radical (unpaired) electrons. The Balaban J connectivity index is 0.00000121. The predicted octanol–water partition coefficient (Wildman–Crippen LogP) is -0.860. The van der Waals surface area contributed by atoms with Gasteiger partial charge in [0, 0.05) is 13.1 Å². The highest BCUT2D eigenvalue weighted by Crippen LogP contribution is 2.07. The van der Waals surface area contributed by atoms with E-state index in [1.165, 1.54) is 0 Å². The van der Waals surface area contributed by atoms with E-state index in [0.717, 1.165) is 0 Å². The summed E-state index contributed by atoms with van der Waals surface area (Å²) in [6.45, 7) is 3.12. The summed E-state index contributed by atoms with van der Waals surface area (Å²) in [5, 5.41) is 21.2. The normalized spacial score (nSPS) is 36.8. The molecule has 1 aliphatic heterocycles. The van der Waals surface area contributed by atoms with E-state index in [1.807, 2.05) is 0 Å². The van der Waals surface area contributed by atoms with E-state index in [2.05, 4.69) is 5.32 Å². The van der Waals surface area contributed by atoms with Crippen LogP contribution in [0.3, 0.4) is 0 Å². The van der Waals surface area contributed by atoms with Gasteiger partial charge in [-0.05, 0) is 6.92 Å². The molecule has 0 bridgehead atoms. The fourth-order valence-electron chi connectivity index (χ4n) is 1.03. The van der Waals surface area contributed by atoms with Crippen LogP contribution in [-0.4, -0.2) is 48.2 Å². The molecule has 1 heterocycles. The summed E-state index contributed by atoms with van der Waals surface area (Å²) < 4.78 is 5.20. The average Bonchev–Trinajstić information content (AvgIpc) is 2.10. The lowest BCUT2D eigenvalue weighted by Crippen LogP contribution is -2.38. The van der Waals surface area contributed by atoms with Crippen molar-refractivity contribution < 1.29 is 14.9 Å². The largest absolute Gasteiger partial charge is 0.394 e. The zero-order chi connectivity index (χ0) is 8.32. The van der Waals surface area contributed by atoms with Gasteiger partial charge in [0.15, 0.2) is 0 Å². The second-order valence-corrected chi connectivity index (χ2v) is 3.24. The van der Waals surface area contributed by atoms with Crippen molar-refractivity contribution in [1.29, 1.82) is 0 Å². The molecule has 0 spiro atoms. The van der Waals surface area contributed by atoms with Gasteiger partial charge in [-0.3, -0.25) is 0 Å². The molecule has 0 aliphatic carbocycles. The number of aliphatic hydroxyl groups excluding tert-OH is 1. The second kappa shape index (κ2) is 4.99. The van der Waals surface area contributed by atoms with Gasteiger partial charge in [0.05, 0.1) is 24.9 Å². The molecular weight excluding hydrogens is 182 g/mol. The Hall–Kier alpha value is 0.130. The minimum atomic E-state index is -0.802. The third-order valence-corrected chi connectivity index (χ3v) is 1.71. The van der Waals surface area contributed by atoms with Gasteiger partial charge in [-0.2, -0.15) is 0 Å². The summed E-state index contributed by atoms with van der Waals surface area (Å²) in [6, 6.07) is 0. The molecule has 1 rings (SSSR count). The monoisotopic (exact) mass is 197 g/mol. The SMILES string of the molecule is C[C@]1(O)CNC[C@H](CO)OC1.Cl. The lowest BCUT2D eigenvalue weighted by Gasteiger charge is -2.19. The molecule has 12 heavy (non-hydrogen) atoms. The highest BCUT2D eigenvalue weighted by molar-refractivity contribution is 5.85. The van der Waals surface area contributed by atoms with Crippen molar-refractivity contribution in [3.8, 4) is 0 Å². The number of nitrogens with one attached hydrogen (secondary N) is 1. The molecule has 74 valence electrons. The van der Waals surface area contributed by atoms with Crippen molar-refractivity contribution >= 4 is 12.4 Å². The average molecular weight is 198 g/mol. The summed E-state index contributed by atoms with van der Waals surface area (Å²) in [7, 11) is 0. The van der Waals surface area contributed by atoms with Gasteiger partial charge >= 0.3 is 0 Å². The third-order valence-electron chi connectivity index (χ3n) is 1.71. The molecule has 5 heteroatoms. The second-order valence-electron chi connectivity index (χ2n) is 3.24. The van der Waals surface area contributed by atoms with Crippen molar-refractivity contribution in [3.63, 3.8) is 0 Å². The van der Waals surface area contributed by atoms with E-state index in [1.54, 1.807) is 6.92 Å². The van der Waals surface area contributed by atoms with Crippen LogP contribution in [0, 0.1) is 0 Å². The van der Waals surface area contributed by atoms with Gasteiger partial charge in [-0.1, -0.05) is 0 Å². The van der Waals surface area contributed by atoms with E-state index < -0.39 is 5.60 Å². The maximum absolute atomic E-state index is 9.50. The maximum atomic E-state index is 9.50. The number of aliphatic hydroxyl groups is 2. The molecule has 0 unspecified atom stereocenters. The van der Waals surface area contributed by atoms with Crippen molar-refractivity contribution in [2.75, 3.05) is 26.3 Å². The van der Waals surface area contributed by atoms with Gasteiger partial charge in [0.1, 0.15) is 0 Å². The summed E-state index contributed by atoms with van der Waals surface area (Å²) in [5.41, 5.74) is -0.802. The minimum absolute atomic E-state index is 0. The molecule has 0 aromatic carbocycles. The molecule has 1 saturated heterocycles. The fourth-order valence-corrected chi connectivity index (χ4v) is 1.03. The zero-order valence-electron chi connectivity index (χ0n) is 7.12. The lowest BCUT2D eigenvalue weighted by molar-refractivity contribution is -0.0529. The van der Waals surface area contributed by atoms with Gasteiger partial charge in [0.25, 0.3) is 0 Å². The number of rotatable bonds is 1. The third kappa shape index (κ3) is 3.69. The molecule has 4 nitrogen and oxygen atoms in total. The molecule has 0 amide bonds. The Morgan fingerprint density at radius 1 is 1.67 bits per heavy atom. The van der Waals surface area contributed by atoms with Crippen molar-refractivity contribution in [1.82, 2.24) is 5.32 Å². The molecule has 0 saturated carbocycles. The van der Waals surface area contributed by atoms with Crippen LogP contribution in [0.15, 0.2) is 0 Å². The van der Waals surface area contributed by atoms with Gasteiger partial charge in [-0.25, -0.2) is 0 Å². The van der Waals surface area contributed by atoms with Crippen LogP contribution in [0.2, 0.25) is 0 Å². The Bertz CT molecular complexity index is 132. The zero-order valence-corrected chi connectivity index (χ0v) is 7.93. The Morgan fingerprint density at radius 3 is 2.92 bits per heavy atom. The summed E-state index contributed by atoms with van der Waals surface area (Å²) >= 11 is 0. The summed E-state index contributed by atoms with van der Waals surface area (Å²) in [5.74, 6) is 0. The topological polar surface area (TPSA) is 61.7 Å². The Morgan fingerprint density at radius 2 is 2.33 bits per heavy atom. The number of hydrogen-bond acceptors (Lipinski definition) is 4. The molecule has 3 N–H and O–H groups in total. The number of halogens is 1. The molecule has 0 aromatic rings. The highest BCUT2D eigenvalue weighted by Gasteiger charge is 2.25. The first-order chi connectivity index (χ1) is 5.14. The number of ether oxygens (including phenoxy) is 1. The smallest absolute Gasteiger partial charge is 0.0975 e. The first-order valence-corrected chi connectivity index (χ1v) is 3.79. The van der Waals surface area contributed by atoms with Crippen LogP contribution >= 0.6 is 12.4 Å². The molecular formula is C7H16ClNO3. The summed E-state index contributed by atoms with van der Waals surface area (Å²) in [4.78, 5) is 0. The van der Waals surface area contributed by atoms with Gasteiger partial charge in [-0.15, -0.1) is 12.4 Å². The standard InChI is InChI=1S/C7H15NO3.ClH/c1-7(10)4-8-2-6(3-9)11-5-7;/h6,8-10H,2-5H2,1H3;1H/t6-,7+;/m1./s1. The van der Waals surface area contributed by atoms with E-state index in [9.17, 15) is 5.11 Å². The van der Waals surface area contributed by atoms with Crippen LogP contribution in [0.5, 0.6) is 0 Å². The predicted molar refractivity (Wildman–Crippen MR) is 47.6 cm³/mol. The fraction of sp³-hybridized carbons (Fsp3) is 1.00. The van der Waals surface area contributed by atoms with E-state index >= 15 is 0 Å². The molecule has 0 aromatic heterocycles. The molecule has 2 atom stereocenters. The maximum Gasteiger partial charge on any atom is 0.0975 e. The number of hydrogen-bond donors (Lipinski definition) is 3. The van der Waals surface area contributed by atoms with Crippen molar-refractivity contribution in [3.05, 3.63) is 0 Å². The quantitative estimate of drug-likeness (QED) is 0.512. The number of β-amino-alcohol motifs (C(OH)–C–C–N with tert-alkyl or cyclic N) is 1. The minimum Gasteiger partial charge on any atom is -0.394 e. The molecule has 1 aliphatic rings. The lowest BCUT2D eigenvalue weighted by atomic mass is 10.1. The van der Waals surface area contributed by atoms with Gasteiger partial charge in [0.2, 0.25) is 0 Å². The van der Waals surface area contributed by atoms with Crippen molar-refractivity contribution in [2.24, 2.45) is 0 Å². The Kier molecular flexibility index (Phi) is 5.04. The van der Waals surface area contributed by atoms with Crippen LogP contribution in [-0.2, 0) is 4.74 Å².